The van der Waals surface area contributed by atoms with Crippen molar-refractivity contribution in [3.05, 3.63) is 35.9 Å². The van der Waals surface area contributed by atoms with Gasteiger partial charge in [0.1, 0.15) is 0 Å². The summed E-state index contributed by atoms with van der Waals surface area (Å²) < 4.78 is 0. The molecule has 5 heteroatoms. The molecule has 0 spiro atoms. The minimum absolute atomic E-state index is 0. The van der Waals surface area contributed by atoms with Gasteiger partial charge in [-0.15, -0.1) is 12.4 Å². The molecule has 2 fully saturated rings. The van der Waals surface area contributed by atoms with Crippen LogP contribution < -0.4 is 5.32 Å². The highest BCUT2D eigenvalue weighted by molar-refractivity contribution is 5.85. The third-order valence-electron chi connectivity index (χ3n) is 5.04. The largest absolute Gasteiger partial charge is 0.340 e. The van der Waals surface area contributed by atoms with Crippen molar-refractivity contribution in [1.82, 2.24) is 15.1 Å². The minimum atomic E-state index is 0. The van der Waals surface area contributed by atoms with Gasteiger partial charge in [-0.25, -0.2) is 0 Å². The first-order valence-corrected chi connectivity index (χ1v) is 9.11. The van der Waals surface area contributed by atoms with Crippen LogP contribution in [0.2, 0.25) is 0 Å². The maximum atomic E-state index is 12.5. The monoisotopic (exact) mass is 351 g/mol. The Hall–Kier alpha value is -1.10. The Morgan fingerprint density at radius 1 is 1.08 bits per heavy atom. The van der Waals surface area contributed by atoms with E-state index >= 15 is 0 Å². The quantitative estimate of drug-likeness (QED) is 0.884. The molecule has 1 N–H and O–H groups in total. The van der Waals surface area contributed by atoms with Gasteiger partial charge in [-0.05, 0) is 57.3 Å². The van der Waals surface area contributed by atoms with Gasteiger partial charge in [-0.1, -0.05) is 30.3 Å². The zero-order valence-corrected chi connectivity index (χ0v) is 15.3. The van der Waals surface area contributed by atoms with E-state index in [9.17, 15) is 4.79 Å². The average molecular weight is 352 g/mol. The fourth-order valence-electron chi connectivity index (χ4n) is 3.68. The molecule has 0 aromatic heterocycles. The highest BCUT2D eigenvalue weighted by atomic mass is 35.5. The third kappa shape index (κ3) is 5.47. The van der Waals surface area contributed by atoms with E-state index in [2.05, 4.69) is 45.4 Å². The van der Waals surface area contributed by atoms with E-state index in [0.717, 1.165) is 65.0 Å². The predicted octanol–water partition coefficient (Wildman–Crippen LogP) is 2.33. The zero-order chi connectivity index (χ0) is 15.9. The van der Waals surface area contributed by atoms with E-state index in [0.29, 0.717) is 5.91 Å². The Kier molecular flexibility index (Phi) is 8.03. The molecule has 134 valence electrons. The lowest BCUT2D eigenvalue weighted by atomic mass is 10.1. The molecule has 4 nitrogen and oxygen atoms in total. The van der Waals surface area contributed by atoms with E-state index in [4.69, 9.17) is 0 Å². The summed E-state index contributed by atoms with van der Waals surface area (Å²) in [5.74, 6) is 0.327. The van der Waals surface area contributed by atoms with Gasteiger partial charge in [0.25, 0.3) is 0 Å². The molecule has 0 bridgehead atoms. The van der Waals surface area contributed by atoms with E-state index in [-0.39, 0.29) is 18.4 Å². The molecule has 2 saturated heterocycles. The highest BCUT2D eigenvalue weighted by Gasteiger charge is 2.27. The van der Waals surface area contributed by atoms with E-state index in [1.807, 2.05) is 0 Å². The van der Waals surface area contributed by atoms with E-state index in [1.165, 1.54) is 12.0 Å². The lowest BCUT2D eigenvalue weighted by molar-refractivity contribution is -0.132. The van der Waals surface area contributed by atoms with Gasteiger partial charge in [0, 0.05) is 19.6 Å². The Labute approximate surface area is 152 Å². The lowest BCUT2D eigenvalue weighted by Crippen LogP contribution is -2.45. The minimum Gasteiger partial charge on any atom is -0.340 e. The Morgan fingerprint density at radius 2 is 1.92 bits per heavy atom. The van der Waals surface area contributed by atoms with Gasteiger partial charge in [-0.2, -0.15) is 0 Å². The van der Waals surface area contributed by atoms with Gasteiger partial charge < -0.3 is 15.1 Å². The molecule has 0 aliphatic carbocycles. The number of nitrogens with one attached hydrogen (secondary N) is 1. The van der Waals surface area contributed by atoms with Crippen LogP contribution in [-0.2, 0) is 11.2 Å². The summed E-state index contributed by atoms with van der Waals surface area (Å²) in [6, 6.07) is 10.8. The smallest absolute Gasteiger partial charge is 0.239 e. The first-order chi connectivity index (χ1) is 11.3. The molecule has 0 radical (unpaired) electrons. The molecule has 1 atom stereocenters. The first-order valence-electron chi connectivity index (χ1n) is 9.11. The SMILES string of the molecule is Cl.O=C(C1CCCN1)N1CCCN(CCCc2ccccc2)CC1. The number of benzene rings is 1. The lowest BCUT2D eigenvalue weighted by Gasteiger charge is -2.24. The number of carbonyl (C=O) groups is 1. The standard InChI is InChI=1S/C19H29N3O.ClH/c23-19(18-10-4-11-20-18)22-14-6-13-21(15-16-22)12-5-9-17-7-2-1-3-8-17;/h1-3,7-8,18,20H,4-6,9-16H2;1H. The summed E-state index contributed by atoms with van der Waals surface area (Å²) in [5.41, 5.74) is 1.42. The van der Waals surface area contributed by atoms with Gasteiger partial charge in [0.05, 0.1) is 6.04 Å². The van der Waals surface area contributed by atoms with Crippen molar-refractivity contribution in [2.75, 3.05) is 39.3 Å². The summed E-state index contributed by atoms with van der Waals surface area (Å²) in [6.45, 7) is 6.09. The molecule has 2 aliphatic rings. The highest BCUT2D eigenvalue weighted by Crippen LogP contribution is 2.12. The van der Waals surface area contributed by atoms with Crippen molar-refractivity contribution < 1.29 is 4.79 Å². The second kappa shape index (κ2) is 10.0. The number of hydrogen-bond donors (Lipinski definition) is 1. The van der Waals surface area contributed by atoms with E-state index < -0.39 is 0 Å². The van der Waals surface area contributed by atoms with Crippen LogP contribution in [0, 0.1) is 0 Å². The third-order valence-corrected chi connectivity index (χ3v) is 5.04. The van der Waals surface area contributed by atoms with Crippen LogP contribution in [0.25, 0.3) is 0 Å². The zero-order valence-electron chi connectivity index (χ0n) is 14.5. The first kappa shape index (κ1) is 19.2. The molecule has 1 amide bonds. The molecular weight excluding hydrogens is 322 g/mol. The number of halogens is 1. The molecule has 1 unspecified atom stereocenters. The van der Waals surface area contributed by atoms with Crippen LogP contribution in [0.3, 0.4) is 0 Å². The summed E-state index contributed by atoms with van der Waals surface area (Å²) in [6.07, 6.45) is 5.59. The van der Waals surface area contributed by atoms with Crippen molar-refractivity contribution in [2.24, 2.45) is 0 Å². The van der Waals surface area contributed by atoms with Crippen LogP contribution in [-0.4, -0.2) is 61.0 Å². The molecule has 24 heavy (non-hydrogen) atoms. The van der Waals surface area contributed by atoms with Crippen molar-refractivity contribution in [3.8, 4) is 0 Å². The number of nitrogens with zero attached hydrogens (tertiary/aromatic N) is 2. The maximum absolute atomic E-state index is 12.5. The van der Waals surface area contributed by atoms with Crippen molar-refractivity contribution in [2.45, 2.75) is 38.1 Å². The summed E-state index contributed by atoms with van der Waals surface area (Å²) in [4.78, 5) is 17.1. The number of aryl methyl sites for hydroxylation is 1. The molecule has 3 rings (SSSR count). The number of carbonyl (C=O) groups excluding carboxylic acids is 1. The van der Waals surface area contributed by atoms with Crippen LogP contribution in [0.4, 0.5) is 0 Å². The Morgan fingerprint density at radius 3 is 2.67 bits per heavy atom. The average Bonchev–Trinajstić information content (AvgIpc) is 3.02. The van der Waals surface area contributed by atoms with Gasteiger partial charge in [-0.3, -0.25) is 4.79 Å². The van der Waals surface area contributed by atoms with Crippen LogP contribution in [0.1, 0.15) is 31.2 Å². The fourth-order valence-corrected chi connectivity index (χ4v) is 3.68. The predicted molar refractivity (Wildman–Crippen MR) is 101 cm³/mol. The van der Waals surface area contributed by atoms with Gasteiger partial charge >= 0.3 is 0 Å². The summed E-state index contributed by atoms with van der Waals surface area (Å²) >= 11 is 0. The molecule has 1 aromatic carbocycles. The van der Waals surface area contributed by atoms with Crippen molar-refractivity contribution in [3.63, 3.8) is 0 Å². The fraction of sp³-hybridized carbons (Fsp3) is 0.632. The maximum Gasteiger partial charge on any atom is 0.239 e. The number of amides is 1. The second-order valence-corrected chi connectivity index (χ2v) is 6.76. The molecule has 1 aromatic rings. The topological polar surface area (TPSA) is 35.6 Å². The molecule has 2 heterocycles. The normalized spacial score (nSPS) is 22.0. The summed E-state index contributed by atoms with van der Waals surface area (Å²) in [5, 5.41) is 3.33. The van der Waals surface area contributed by atoms with Gasteiger partial charge in [0.15, 0.2) is 0 Å². The Bertz CT molecular complexity index is 491. The molecule has 0 saturated carbocycles. The van der Waals surface area contributed by atoms with E-state index in [1.54, 1.807) is 0 Å². The van der Waals surface area contributed by atoms with Gasteiger partial charge in [0.2, 0.25) is 5.91 Å². The van der Waals surface area contributed by atoms with Crippen LogP contribution in [0.5, 0.6) is 0 Å². The summed E-state index contributed by atoms with van der Waals surface area (Å²) in [7, 11) is 0. The van der Waals surface area contributed by atoms with Crippen molar-refractivity contribution >= 4 is 18.3 Å². The second-order valence-electron chi connectivity index (χ2n) is 6.76. The van der Waals surface area contributed by atoms with Crippen molar-refractivity contribution in [1.29, 1.82) is 0 Å². The number of rotatable bonds is 5. The molecule has 2 aliphatic heterocycles. The van der Waals surface area contributed by atoms with Crippen LogP contribution in [0.15, 0.2) is 30.3 Å². The molecular formula is C19H30ClN3O. The van der Waals surface area contributed by atoms with Crippen LogP contribution >= 0.6 is 12.4 Å². The Balaban J connectivity index is 0.00000208. The number of hydrogen-bond acceptors (Lipinski definition) is 3.